The van der Waals surface area contributed by atoms with E-state index in [4.69, 9.17) is 4.74 Å². The molecule has 1 amide bonds. The fourth-order valence-electron chi connectivity index (χ4n) is 1.08. The summed E-state index contributed by atoms with van der Waals surface area (Å²) in [5.41, 5.74) is 0. The summed E-state index contributed by atoms with van der Waals surface area (Å²) < 4.78 is 29.4. The van der Waals surface area contributed by atoms with Gasteiger partial charge in [0.15, 0.2) is 0 Å². The molecule has 0 spiro atoms. The van der Waals surface area contributed by atoms with E-state index in [0.29, 0.717) is 32.7 Å². The third-order valence-corrected chi connectivity index (χ3v) is 3.55. The minimum Gasteiger partial charge on any atom is -0.383 e. The smallest absolute Gasteiger partial charge is 0.233 e. The maximum absolute atomic E-state index is 11.3. The summed E-state index contributed by atoms with van der Waals surface area (Å²) in [6, 6.07) is 0. The Morgan fingerprint density at radius 2 is 1.94 bits per heavy atom. The molecule has 0 rings (SSSR count). The molecule has 0 aromatic carbocycles. The van der Waals surface area contributed by atoms with Crippen LogP contribution in [0.5, 0.6) is 0 Å². The Kier molecular flexibility index (Phi) is 9.85. The van der Waals surface area contributed by atoms with Gasteiger partial charge in [-0.05, 0) is 13.3 Å². The number of amides is 1. The number of sulfonamides is 1. The van der Waals surface area contributed by atoms with Crippen LogP contribution in [0, 0.1) is 0 Å². The van der Waals surface area contributed by atoms with E-state index in [9.17, 15) is 13.2 Å². The molecule has 0 saturated heterocycles. The zero-order chi connectivity index (χ0) is 13.9. The Hall–Kier alpha value is -0.700. The number of carbonyl (C=O) groups excluding carboxylic acids is 1. The van der Waals surface area contributed by atoms with Gasteiger partial charge in [-0.25, -0.2) is 13.1 Å². The number of nitrogens with one attached hydrogen (secondary N) is 3. The molecule has 0 aliphatic rings. The van der Waals surface area contributed by atoms with Crippen molar-refractivity contribution in [2.75, 3.05) is 45.6 Å². The number of ether oxygens (including phenoxy) is 1. The molecule has 0 heterocycles. The predicted octanol–water partition coefficient (Wildman–Crippen LogP) is -1.33. The summed E-state index contributed by atoms with van der Waals surface area (Å²) in [6.07, 6.45) is 0.572. The second-order valence-electron chi connectivity index (χ2n) is 3.67. The highest BCUT2D eigenvalue weighted by atomic mass is 32.2. The van der Waals surface area contributed by atoms with Crippen LogP contribution in [0.2, 0.25) is 0 Å². The predicted molar refractivity (Wildman–Crippen MR) is 69.8 cm³/mol. The van der Waals surface area contributed by atoms with Crippen molar-refractivity contribution in [3.63, 3.8) is 0 Å². The molecule has 7 nitrogen and oxygen atoms in total. The van der Waals surface area contributed by atoms with Crippen molar-refractivity contribution in [2.24, 2.45) is 0 Å². The SMILES string of the molecule is CCS(=O)(=O)NCCCNC(=O)CNCCOC. The van der Waals surface area contributed by atoms with E-state index < -0.39 is 10.0 Å². The van der Waals surface area contributed by atoms with Crippen LogP contribution in [0.15, 0.2) is 0 Å². The third kappa shape index (κ3) is 10.5. The quantitative estimate of drug-likeness (QED) is 0.408. The lowest BCUT2D eigenvalue weighted by molar-refractivity contribution is -0.120. The second kappa shape index (κ2) is 10.2. The van der Waals surface area contributed by atoms with E-state index in [0.717, 1.165) is 0 Å². The maximum Gasteiger partial charge on any atom is 0.233 e. The molecule has 0 radical (unpaired) electrons. The Balaban J connectivity index is 3.41. The average Bonchev–Trinajstić information content (AvgIpc) is 2.34. The molecule has 8 heteroatoms. The zero-order valence-electron chi connectivity index (χ0n) is 11.0. The molecule has 0 saturated carbocycles. The van der Waals surface area contributed by atoms with Gasteiger partial charge in [0.2, 0.25) is 15.9 Å². The van der Waals surface area contributed by atoms with Crippen molar-refractivity contribution in [1.82, 2.24) is 15.4 Å². The molecule has 0 aromatic heterocycles. The fourth-order valence-corrected chi connectivity index (χ4v) is 1.74. The normalized spacial score (nSPS) is 11.4. The summed E-state index contributed by atoms with van der Waals surface area (Å²) in [6.45, 7) is 3.80. The molecule has 0 aliphatic carbocycles. The molecule has 0 bridgehead atoms. The first kappa shape index (κ1) is 17.3. The second-order valence-corrected chi connectivity index (χ2v) is 5.77. The molecule has 18 heavy (non-hydrogen) atoms. The number of rotatable bonds is 11. The minimum atomic E-state index is -3.13. The van der Waals surface area contributed by atoms with Gasteiger partial charge in [-0.3, -0.25) is 4.79 Å². The maximum atomic E-state index is 11.3. The summed E-state index contributed by atoms with van der Waals surface area (Å²) in [7, 11) is -1.53. The fraction of sp³-hybridized carbons (Fsp3) is 0.900. The first-order chi connectivity index (χ1) is 8.52. The molecule has 108 valence electrons. The molecule has 0 unspecified atom stereocenters. The van der Waals surface area contributed by atoms with Crippen LogP contribution < -0.4 is 15.4 Å². The van der Waals surface area contributed by atoms with E-state index in [-0.39, 0.29) is 18.2 Å². The highest BCUT2D eigenvalue weighted by molar-refractivity contribution is 7.89. The lowest BCUT2D eigenvalue weighted by Gasteiger charge is -2.07. The summed E-state index contributed by atoms with van der Waals surface area (Å²) >= 11 is 0. The Morgan fingerprint density at radius 1 is 1.22 bits per heavy atom. The molecule has 3 N–H and O–H groups in total. The number of hydrogen-bond donors (Lipinski definition) is 3. The van der Waals surface area contributed by atoms with Gasteiger partial charge in [-0.15, -0.1) is 0 Å². The minimum absolute atomic E-state index is 0.0722. The topological polar surface area (TPSA) is 96.5 Å². The molecule has 0 aromatic rings. The van der Waals surface area contributed by atoms with Gasteiger partial charge in [0.1, 0.15) is 0 Å². The van der Waals surface area contributed by atoms with Crippen LogP contribution in [0.1, 0.15) is 13.3 Å². The average molecular weight is 281 g/mol. The van der Waals surface area contributed by atoms with E-state index in [1.54, 1.807) is 14.0 Å². The van der Waals surface area contributed by atoms with Gasteiger partial charge in [0, 0.05) is 26.7 Å². The first-order valence-electron chi connectivity index (χ1n) is 5.95. The Labute approximate surface area is 109 Å². The van der Waals surface area contributed by atoms with Crippen molar-refractivity contribution < 1.29 is 17.9 Å². The van der Waals surface area contributed by atoms with Gasteiger partial charge in [0.25, 0.3) is 0 Å². The Bertz CT molecular complexity index is 319. The van der Waals surface area contributed by atoms with Gasteiger partial charge < -0.3 is 15.4 Å². The lowest BCUT2D eigenvalue weighted by atomic mass is 10.4. The summed E-state index contributed by atoms with van der Waals surface area (Å²) in [5.74, 6) is -0.0348. The van der Waals surface area contributed by atoms with E-state index in [1.807, 2.05) is 0 Å². The highest BCUT2D eigenvalue weighted by Crippen LogP contribution is 1.83. The van der Waals surface area contributed by atoms with Crippen molar-refractivity contribution in [3.8, 4) is 0 Å². The van der Waals surface area contributed by atoms with E-state index >= 15 is 0 Å². The van der Waals surface area contributed by atoms with Gasteiger partial charge in [-0.2, -0.15) is 0 Å². The summed E-state index contributed by atoms with van der Waals surface area (Å²) in [4.78, 5) is 11.3. The van der Waals surface area contributed by atoms with E-state index in [2.05, 4.69) is 15.4 Å². The standard InChI is InChI=1S/C10H23N3O4S/c1-3-18(15,16)13-6-4-5-12-10(14)9-11-7-8-17-2/h11,13H,3-9H2,1-2H3,(H,12,14). The monoisotopic (exact) mass is 281 g/mol. The van der Waals surface area contributed by atoms with Gasteiger partial charge >= 0.3 is 0 Å². The molecule has 0 aliphatic heterocycles. The van der Waals surface area contributed by atoms with Crippen LogP contribution in [-0.4, -0.2) is 60.0 Å². The number of hydrogen-bond acceptors (Lipinski definition) is 5. The molecule has 0 atom stereocenters. The Morgan fingerprint density at radius 3 is 2.56 bits per heavy atom. The number of methoxy groups -OCH3 is 1. The molecule has 0 fully saturated rings. The largest absolute Gasteiger partial charge is 0.383 e. The van der Waals surface area contributed by atoms with Crippen LogP contribution in [0.25, 0.3) is 0 Å². The van der Waals surface area contributed by atoms with Crippen LogP contribution in [0.4, 0.5) is 0 Å². The van der Waals surface area contributed by atoms with Crippen molar-refractivity contribution in [3.05, 3.63) is 0 Å². The van der Waals surface area contributed by atoms with Gasteiger partial charge in [0.05, 0.1) is 18.9 Å². The van der Waals surface area contributed by atoms with E-state index in [1.165, 1.54) is 0 Å². The van der Waals surface area contributed by atoms with Gasteiger partial charge in [-0.1, -0.05) is 0 Å². The molecular formula is C10H23N3O4S. The zero-order valence-corrected chi connectivity index (χ0v) is 11.8. The molecular weight excluding hydrogens is 258 g/mol. The van der Waals surface area contributed by atoms with Crippen molar-refractivity contribution in [1.29, 1.82) is 0 Å². The highest BCUT2D eigenvalue weighted by Gasteiger charge is 2.04. The van der Waals surface area contributed by atoms with Crippen LogP contribution in [-0.2, 0) is 19.6 Å². The van der Waals surface area contributed by atoms with Crippen molar-refractivity contribution >= 4 is 15.9 Å². The summed E-state index contributed by atoms with van der Waals surface area (Å²) in [5, 5.41) is 5.60. The van der Waals surface area contributed by atoms with Crippen LogP contribution >= 0.6 is 0 Å². The third-order valence-electron chi connectivity index (χ3n) is 2.15. The number of carbonyl (C=O) groups is 1. The van der Waals surface area contributed by atoms with Crippen molar-refractivity contribution in [2.45, 2.75) is 13.3 Å². The lowest BCUT2D eigenvalue weighted by Crippen LogP contribution is -2.36. The van der Waals surface area contributed by atoms with Crippen LogP contribution in [0.3, 0.4) is 0 Å². The first-order valence-corrected chi connectivity index (χ1v) is 7.60.